The van der Waals surface area contributed by atoms with E-state index in [2.05, 4.69) is 25.5 Å². The Kier molecular flexibility index (Phi) is 7.33. The van der Waals surface area contributed by atoms with E-state index >= 15 is 0 Å². The number of aryl methyl sites for hydroxylation is 2. The number of rotatable bonds is 8. The van der Waals surface area contributed by atoms with E-state index in [4.69, 9.17) is 5.73 Å². The molecule has 0 aliphatic heterocycles. The van der Waals surface area contributed by atoms with Crippen LogP contribution in [0.25, 0.3) is 38.2 Å². The Morgan fingerprint density at radius 3 is 2.43 bits per heavy atom. The molecule has 3 N–H and O–H groups in total. The van der Waals surface area contributed by atoms with Crippen LogP contribution in [-0.4, -0.2) is 41.2 Å². The topological polar surface area (TPSA) is 133 Å². The van der Waals surface area contributed by atoms with Crippen LogP contribution >= 0.6 is 11.3 Å². The molecule has 5 aromatic heterocycles. The second-order valence-electron chi connectivity index (χ2n) is 9.71. The maximum Gasteiger partial charge on any atom is 0.280 e. The van der Waals surface area contributed by atoms with Gasteiger partial charge in [-0.3, -0.25) is 14.3 Å². The monoisotopic (exact) mass is 622 g/mol. The molecular formula is C29H22F4N8O2S. The molecule has 0 unspecified atom stereocenters. The third-order valence-electron chi connectivity index (χ3n) is 6.97. The lowest BCUT2D eigenvalue weighted by Gasteiger charge is -2.11. The van der Waals surface area contributed by atoms with Gasteiger partial charge in [-0.25, -0.2) is 32.0 Å². The molecule has 0 radical (unpaired) electrons. The maximum atomic E-state index is 14.1. The van der Waals surface area contributed by atoms with Crippen LogP contribution in [0.5, 0.6) is 0 Å². The van der Waals surface area contributed by atoms with E-state index in [0.29, 0.717) is 23.4 Å². The molecule has 0 saturated carbocycles. The van der Waals surface area contributed by atoms with Crippen molar-refractivity contribution in [3.8, 4) is 22.4 Å². The van der Waals surface area contributed by atoms with Gasteiger partial charge in [-0.2, -0.15) is 10.2 Å². The Morgan fingerprint density at radius 1 is 1.05 bits per heavy atom. The van der Waals surface area contributed by atoms with Crippen LogP contribution < -0.4 is 11.1 Å². The molecule has 0 spiro atoms. The minimum absolute atomic E-state index is 0.0369. The number of hydrogen-bond donors (Lipinski definition) is 2. The van der Waals surface area contributed by atoms with Gasteiger partial charge in [-0.05, 0) is 31.5 Å². The van der Waals surface area contributed by atoms with E-state index < -0.39 is 36.1 Å². The summed E-state index contributed by atoms with van der Waals surface area (Å²) in [4.78, 5) is 34.7. The number of carbonyl (C=O) groups is 2. The lowest BCUT2D eigenvalue weighted by molar-refractivity contribution is 0.100. The minimum Gasteiger partial charge on any atom is -0.365 e. The lowest BCUT2D eigenvalue weighted by atomic mass is 10.0. The molecule has 5 heterocycles. The molecule has 0 atom stereocenters. The van der Waals surface area contributed by atoms with Gasteiger partial charge >= 0.3 is 0 Å². The lowest BCUT2D eigenvalue weighted by Crippen LogP contribution is -2.17. The van der Waals surface area contributed by atoms with Crippen LogP contribution in [0.2, 0.25) is 0 Å². The Morgan fingerprint density at radius 2 is 1.80 bits per heavy atom. The Bertz CT molecular complexity index is 2070. The summed E-state index contributed by atoms with van der Waals surface area (Å²) in [5.41, 5.74) is 6.23. The van der Waals surface area contributed by atoms with Crippen molar-refractivity contribution in [2.75, 3.05) is 5.32 Å². The van der Waals surface area contributed by atoms with Gasteiger partial charge in [0.05, 0.1) is 23.3 Å². The van der Waals surface area contributed by atoms with Gasteiger partial charge in [-0.1, -0.05) is 30.3 Å². The van der Waals surface area contributed by atoms with E-state index in [-0.39, 0.29) is 43.2 Å². The number of nitrogens with one attached hydrogen (secondary N) is 1. The smallest absolute Gasteiger partial charge is 0.280 e. The number of hydrogen-bond acceptors (Lipinski definition) is 7. The van der Waals surface area contributed by atoms with Gasteiger partial charge in [0.15, 0.2) is 5.65 Å². The van der Waals surface area contributed by atoms with Crippen molar-refractivity contribution in [3.63, 3.8) is 0 Å². The molecule has 15 heteroatoms. The molecule has 0 fully saturated rings. The number of carbonyl (C=O) groups excluding carboxylic acids is 2. The Hall–Kier alpha value is -5.18. The highest BCUT2D eigenvalue weighted by molar-refractivity contribution is 7.21. The number of halogens is 4. The zero-order chi connectivity index (χ0) is 31.3. The van der Waals surface area contributed by atoms with Gasteiger partial charge in [0.25, 0.3) is 24.7 Å². The van der Waals surface area contributed by atoms with Gasteiger partial charge in [-0.15, -0.1) is 11.3 Å². The van der Waals surface area contributed by atoms with Crippen LogP contribution in [0.4, 0.5) is 23.2 Å². The second kappa shape index (κ2) is 11.1. The van der Waals surface area contributed by atoms with Crippen LogP contribution in [-0.2, 0) is 6.54 Å². The fourth-order valence-electron chi connectivity index (χ4n) is 4.92. The number of fused-ring (bicyclic) bond motifs is 2. The largest absolute Gasteiger partial charge is 0.365 e. The van der Waals surface area contributed by atoms with Gasteiger partial charge in [0.1, 0.15) is 26.7 Å². The number of pyridine rings is 1. The summed E-state index contributed by atoms with van der Waals surface area (Å²) in [5.74, 6) is -1.77. The predicted octanol–water partition coefficient (Wildman–Crippen LogP) is 6.42. The van der Waals surface area contributed by atoms with Crippen molar-refractivity contribution >= 4 is 44.7 Å². The van der Waals surface area contributed by atoms with Crippen molar-refractivity contribution < 1.29 is 27.2 Å². The number of aromatic nitrogens is 6. The van der Waals surface area contributed by atoms with Gasteiger partial charge in [0.2, 0.25) is 0 Å². The number of anilines is 1. The molecule has 10 nitrogen and oxygen atoms in total. The molecular weight excluding hydrogens is 600 g/mol. The highest BCUT2D eigenvalue weighted by Gasteiger charge is 2.28. The first kappa shape index (κ1) is 28.9. The molecule has 6 aromatic rings. The van der Waals surface area contributed by atoms with Crippen molar-refractivity contribution in [2.45, 2.75) is 33.2 Å². The van der Waals surface area contributed by atoms with E-state index in [1.165, 1.54) is 12.1 Å². The van der Waals surface area contributed by atoms with Gasteiger partial charge in [0, 0.05) is 29.3 Å². The average Bonchev–Trinajstić information content (AvgIpc) is 3.71. The fourth-order valence-corrected chi connectivity index (χ4v) is 5.93. The zero-order valence-electron chi connectivity index (χ0n) is 23.1. The van der Waals surface area contributed by atoms with E-state index in [1.807, 2.05) is 6.92 Å². The predicted molar refractivity (Wildman–Crippen MR) is 156 cm³/mol. The van der Waals surface area contributed by atoms with E-state index in [9.17, 15) is 27.2 Å². The molecule has 1 aromatic carbocycles. The normalized spacial score (nSPS) is 11.7. The highest BCUT2D eigenvalue weighted by Crippen LogP contribution is 2.43. The quantitative estimate of drug-likeness (QED) is 0.188. The Labute approximate surface area is 250 Å². The fraction of sp³-hybridized carbons (Fsp3) is 0.172. The van der Waals surface area contributed by atoms with Crippen LogP contribution in [0.3, 0.4) is 0 Å². The number of benzene rings is 1. The molecule has 44 heavy (non-hydrogen) atoms. The van der Waals surface area contributed by atoms with Crippen molar-refractivity contribution in [1.82, 2.24) is 29.4 Å². The third-order valence-corrected chi connectivity index (χ3v) is 8.06. The molecule has 0 aliphatic rings. The first-order chi connectivity index (χ1) is 21.1. The first-order valence-electron chi connectivity index (χ1n) is 13.2. The summed E-state index contributed by atoms with van der Waals surface area (Å²) in [7, 11) is 0. The molecule has 2 amide bonds. The minimum atomic E-state index is -2.94. The van der Waals surface area contributed by atoms with Crippen molar-refractivity contribution in [2.24, 2.45) is 5.73 Å². The second-order valence-corrected chi connectivity index (χ2v) is 10.7. The molecule has 0 aliphatic carbocycles. The number of primary amides is 1. The van der Waals surface area contributed by atoms with E-state index in [0.717, 1.165) is 22.0 Å². The summed E-state index contributed by atoms with van der Waals surface area (Å²) < 4.78 is 58.5. The third kappa shape index (κ3) is 4.94. The number of nitrogens with zero attached hydrogens (tertiary/aromatic N) is 6. The first-order valence-corrected chi connectivity index (χ1v) is 14.0. The van der Waals surface area contributed by atoms with Crippen LogP contribution in [0, 0.1) is 6.92 Å². The van der Waals surface area contributed by atoms with E-state index in [1.54, 1.807) is 48.1 Å². The highest BCUT2D eigenvalue weighted by atomic mass is 32.1. The summed E-state index contributed by atoms with van der Waals surface area (Å²) in [5, 5.41) is 11.2. The molecule has 224 valence electrons. The van der Waals surface area contributed by atoms with Crippen LogP contribution in [0.15, 0.2) is 54.9 Å². The van der Waals surface area contributed by atoms with Gasteiger partial charge < -0.3 is 11.1 Å². The number of thiophene rings is 1. The molecule has 6 rings (SSSR count). The summed E-state index contributed by atoms with van der Waals surface area (Å²) in [6.07, 6.45) is -3.12. The summed E-state index contributed by atoms with van der Waals surface area (Å²) in [6, 6.07) is 10.9. The number of nitrogens with two attached hydrogens (primary N) is 1. The summed E-state index contributed by atoms with van der Waals surface area (Å²) in [6.45, 7) is 4.06. The Balaban J connectivity index is 1.54. The average molecular weight is 623 g/mol. The molecule has 0 saturated heterocycles. The van der Waals surface area contributed by atoms with Crippen LogP contribution in [0.1, 0.15) is 56.9 Å². The SMILES string of the molecule is CCn1cc(-c2cc(C(F)F)nc3sc(C(N)=O)c(NC(=O)c4cnn5c(C(F)F)cc(-c6ccccc6)nc45)c23)c(C)n1. The van der Waals surface area contributed by atoms with Crippen molar-refractivity contribution in [3.05, 3.63) is 82.4 Å². The number of alkyl halides is 4. The summed E-state index contributed by atoms with van der Waals surface area (Å²) >= 11 is 0.743. The standard InChI is InChI=1S/C29H22F4N8O2S/c1-3-40-12-17(13(2)39-40)15-9-19(24(30)31)37-29-21(15)22(23(44-29)26(34)42)38-28(43)16-11-35-41-20(25(32)33)10-18(36-27(16)41)14-7-5-4-6-8-14/h4-12,24-25H,3H2,1-2H3,(H2,34,42)(H,38,43). The van der Waals surface area contributed by atoms with Crippen molar-refractivity contribution in [1.29, 1.82) is 0 Å². The zero-order valence-corrected chi connectivity index (χ0v) is 23.9. The number of amides is 2. The maximum absolute atomic E-state index is 14.1. The molecule has 0 bridgehead atoms.